The van der Waals surface area contributed by atoms with Gasteiger partial charge in [-0.1, -0.05) is 164 Å². The van der Waals surface area contributed by atoms with E-state index < -0.39 is 0 Å². The monoisotopic (exact) mass is 1230 g/mol. The van der Waals surface area contributed by atoms with E-state index in [0.29, 0.717) is 0 Å². The summed E-state index contributed by atoms with van der Waals surface area (Å²) in [5.41, 5.74) is 1.23. The lowest BCUT2D eigenvalue weighted by Gasteiger charge is -2.32. The van der Waals surface area contributed by atoms with Crippen LogP contribution in [0.4, 0.5) is 0 Å². The van der Waals surface area contributed by atoms with Gasteiger partial charge in [-0.2, -0.15) is 0 Å². The molecule has 3 saturated heterocycles. The van der Waals surface area contributed by atoms with Crippen LogP contribution >= 0.6 is 34.0 Å². The summed E-state index contributed by atoms with van der Waals surface area (Å²) >= 11 is 5.60. The first-order chi connectivity index (χ1) is 43.0. The van der Waals surface area contributed by atoms with Crippen LogP contribution in [0.1, 0.15) is 83.1 Å². The van der Waals surface area contributed by atoms with Crippen molar-refractivity contribution in [1.29, 1.82) is 0 Å². The van der Waals surface area contributed by atoms with Crippen molar-refractivity contribution in [2.75, 3.05) is 0 Å². The summed E-state index contributed by atoms with van der Waals surface area (Å²) in [7, 11) is -1.04. The van der Waals surface area contributed by atoms with E-state index in [1.54, 1.807) is 0 Å². The molecule has 12 aromatic carbocycles. The first-order valence-corrected chi connectivity index (χ1v) is 33.8. The molecular formula is C78H69B3O6S3. The summed E-state index contributed by atoms with van der Waals surface area (Å²) in [4.78, 5) is 0. The van der Waals surface area contributed by atoms with Crippen molar-refractivity contribution >= 4 is 197 Å². The van der Waals surface area contributed by atoms with E-state index in [9.17, 15) is 0 Å². The molecule has 6 heterocycles. The smallest absolute Gasteiger partial charge is 0.399 e. The molecule has 0 unspecified atom stereocenters. The molecule has 0 saturated carbocycles. The third-order valence-electron chi connectivity index (χ3n) is 20.7. The Balaban J connectivity index is 0.000000108. The van der Waals surface area contributed by atoms with E-state index in [1.165, 1.54) is 125 Å². The predicted octanol–water partition coefficient (Wildman–Crippen LogP) is 20.0. The molecule has 3 aliphatic heterocycles. The molecule has 18 rings (SSSR count). The summed E-state index contributed by atoms with van der Waals surface area (Å²) in [6.07, 6.45) is 0. The highest BCUT2D eigenvalue weighted by Gasteiger charge is 2.54. The zero-order valence-corrected chi connectivity index (χ0v) is 55.4. The quantitative estimate of drug-likeness (QED) is 0.130. The maximum absolute atomic E-state index is 6.45. The third-order valence-corrected chi connectivity index (χ3v) is 24.2. The average Bonchev–Trinajstić information content (AvgIpc) is 1.72. The van der Waals surface area contributed by atoms with Crippen molar-refractivity contribution in [2.24, 2.45) is 0 Å². The number of hydrogen-bond acceptors (Lipinski definition) is 9. The zero-order chi connectivity index (χ0) is 62.0. The Labute approximate surface area is 538 Å². The molecule has 12 heteroatoms. The molecule has 0 atom stereocenters. The molecule has 3 aromatic heterocycles. The highest BCUT2D eigenvalue weighted by Crippen LogP contribution is 2.46. The van der Waals surface area contributed by atoms with Crippen LogP contribution in [-0.2, 0) is 27.9 Å². The Morgan fingerprint density at radius 1 is 0.233 bits per heavy atom. The second-order valence-corrected chi connectivity index (χ2v) is 31.0. The van der Waals surface area contributed by atoms with Crippen LogP contribution in [-0.4, -0.2) is 55.0 Å². The first-order valence-electron chi connectivity index (χ1n) is 31.4. The fraction of sp³-hybridized carbons (Fsp3) is 0.231. The minimum absolute atomic E-state index is 0.333. The molecule has 0 radical (unpaired) electrons. The van der Waals surface area contributed by atoms with Crippen LogP contribution in [0.2, 0.25) is 0 Å². The van der Waals surface area contributed by atoms with Crippen molar-refractivity contribution in [2.45, 2.75) is 117 Å². The van der Waals surface area contributed by atoms with Crippen LogP contribution in [0.3, 0.4) is 0 Å². The molecule has 0 spiro atoms. The second-order valence-electron chi connectivity index (χ2n) is 27.8. The predicted molar refractivity (Wildman–Crippen MR) is 390 cm³/mol. The van der Waals surface area contributed by atoms with E-state index in [2.05, 4.69) is 283 Å². The fourth-order valence-corrected chi connectivity index (χ4v) is 16.9. The lowest BCUT2D eigenvalue weighted by molar-refractivity contribution is 0.00578. The summed E-state index contributed by atoms with van der Waals surface area (Å²) in [6.45, 7) is 25.2. The Hall–Kier alpha value is -7.19. The van der Waals surface area contributed by atoms with Gasteiger partial charge in [0.25, 0.3) is 0 Å². The molecule has 0 bridgehead atoms. The second kappa shape index (κ2) is 20.7. The van der Waals surface area contributed by atoms with Gasteiger partial charge in [0.2, 0.25) is 0 Å². The molecule has 444 valence electrons. The lowest BCUT2D eigenvalue weighted by Crippen LogP contribution is -2.41. The highest BCUT2D eigenvalue weighted by atomic mass is 32.1. The Morgan fingerprint density at radius 3 is 1.20 bits per heavy atom. The van der Waals surface area contributed by atoms with Gasteiger partial charge in [-0.25, -0.2) is 0 Å². The number of benzene rings is 12. The van der Waals surface area contributed by atoms with Gasteiger partial charge in [-0.3, -0.25) is 0 Å². The lowest BCUT2D eigenvalue weighted by atomic mass is 9.75. The van der Waals surface area contributed by atoms with Gasteiger partial charge in [-0.05, 0) is 206 Å². The largest absolute Gasteiger partial charge is 0.495 e. The van der Waals surface area contributed by atoms with Gasteiger partial charge in [-0.15, -0.1) is 34.0 Å². The molecule has 6 nitrogen and oxygen atoms in total. The van der Waals surface area contributed by atoms with Crippen LogP contribution in [0.25, 0.3) is 125 Å². The normalized spacial score (nSPS) is 18.2. The van der Waals surface area contributed by atoms with E-state index in [-0.39, 0.29) is 55.0 Å². The molecule has 3 aliphatic rings. The van der Waals surface area contributed by atoms with Crippen molar-refractivity contribution in [3.8, 4) is 0 Å². The van der Waals surface area contributed by atoms with Crippen LogP contribution in [0.5, 0.6) is 0 Å². The van der Waals surface area contributed by atoms with E-state index in [4.69, 9.17) is 27.9 Å². The van der Waals surface area contributed by atoms with E-state index >= 15 is 0 Å². The van der Waals surface area contributed by atoms with Crippen molar-refractivity contribution < 1.29 is 27.9 Å². The summed E-state index contributed by atoms with van der Waals surface area (Å²) in [5, 5.41) is 23.2. The first kappa shape index (κ1) is 57.9. The number of rotatable bonds is 3. The van der Waals surface area contributed by atoms with Crippen LogP contribution in [0, 0.1) is 0 Å². The van der Waals surface area contributed by atoms with Crippen molar-refractivity contribution in [3.63, 3.8) is 0 Å². The number of thiophene rings is 3. The van der Waals surface area contributed by atoms with Gasteiger partial charge < -0.3 is 27.9 Å². The van der Waals surface area contributed by atoms with Crippen molar-refractivity contribution in [3.05, 3.63) is 200 Å². The Morgan fingerprint density at radius 2 is 0.600 bits per heavy atom. The molecule has 90 heavy (non-hydrogen) atoms. The molecule has 0 amide bonds. The van der Waals surface area contributed by atoms with Gasteiger partial charge >= 0.3 is 21.4 Å². The van der Waals surface area contributed by atoms with Crippen molar-refractivity contribution in [1.82, 2.24) is 0 Å². The SMILES string of the molecule is CC1(C)OB(c2cc3c4cc5ccccc5cc4sc3c3ccccc23)OC1(C)C.CC1(C)OB(c2ccc3sc4c(ccc5c6ccccc6ccc54)c3c2)OC1(C)C.CC1(C)OB(c2ccc3sc4cc5c(ccc6ccccc65)cc4c3c2)OC1(C)C. The topological polar surface area (TPSA) is 55.4 Å². The average molecular weight is 1230 g/mol. The van der Waals surface area contributed by atoms with Gasteiger partial charge in [0.05, 0.1) is 33.6 Å². The van der Waals surface area contributed by atoms with E-state index in [1.807, 2.05) is 34.0 Å². The standard InChI is InChI=1S/3C26H23BO2S/c1-25(2)26(3,4)29-27(28-25)22-15-21-20-13-16-9-5-6-10-17(16)14-23(20)30-24(21)19-12-8-7-11-18(19)22;1-25(2)26(3,4)29-27(28-25)17-10-14-23-22(15-17)21-13-12-19-18-8-6-5-7-16(18)9-11-20(19)24(21)30-23;1-25(2)26(3,4)29-27(28-25)18-11-12-23-22(14-18)21-13-17-10-9-16-7-5-6-8-19(16)20(17)15-24(21)30-23/h3*5-15H,1-4H3. The minimum atomic E-state index is -0.375. The van der Waals surface area contributed by atoms with E-state index in [0.717, 1.165) is 16.4 Å². The molecule has 0 N–H and O–H groups in total. The molecule has 15 aromatic rings. The maximum atomic E-state index is 6.45. The van der Waals surface area contributed by atoms with Crippen LogP contribution < -0.4 is 16.4 Å². The fourth-order valence-electron chi connectivity index (χ4n) is 13.4. The number of fused-ring (bicyclic) bond motifs is 19. The third kappa shape index (κ3) is 9.34. The minimum Gasteiger partial charge on any atom is -0.399 e. The highest BCUT2D eigenvalue weighted by molar-refractivity contribution is 7.27. The zero-order valence-electron chi connectivity index (χ0n) is 53.0. The summed E-state index contributed by atoms with van der Waals surface area (Å²) in [5.74, 6) is 0. The molecular weight excluding hydrogens is 1160 g/mol. The Bertz CT molecular complexity index is 5330. The number of hydrogen-bond donors (Lipinski definition) is 0. The molecule has 0 aliphatic carbocycles. The Kier molecular flexibility index (Phi) is 13.3. The summed E-state index contributed by atoms with van der Waals surface area (Å²) < 4.78 is 46.0. The summed E-state index contributed by atoms with van der Waals surface area (Å²) in [6, 6.07) is 72.8. The maximum Gasteiger partial charge on any atom is 0.495 e. The van der Waals surface area contributed by atoms with Crippen LogP contribution in [0.15, 0.2) is 200 Å². The van der Waals surface area contributed by atoms with Gasteiger partial charge in [0, 0.05) is 55.1 Å². The molecule has 3 fully saturated rings. The van der Waals surface area contributed by atoms with Gasteiger partial charge in [0.15, 0.2) is 0 Å². The van der Waals surface area contributed by atoms with Gasteiger partial charge in [0.1, 0.15) is 0 Å².